The highest BCUT2D eigenvalue weighted by Gasteiger charge is 2.38. The van der Waals surface area contributed by atoms with E-state index in [0.29, 0.717) is 0 Å². The van der Waals surface area contributed by atoms with E-state index in [2.05, 4.69) is 17.1 Å². The predicted molar refractivity (Wildman–Crippen MR) is 72.2 cm³/mol. The van der Waals surface area contributed by atoms with Crippen molar-refractivity contribution in [3.05, 3.63) is 0 Å². The molecule has 3 aliphatic rings. The summed E-state index contributed by atoms with van der Waals surface area (Å²) in [6.45, 7) is 5.09. The van der Waals surface area contributed by atoms with Gasteiger partial charge in [-0.2, -0.15) is 0 Å². The molecule has 3 fully saturated rings. The molecular formula is C15H28N2. The van der Waals surface area contributed by atoms with Gasteiger partial charge >= 0.3 is 0 Å². The number of hydrogen-bond acceptors (Lipinski definition) is 2. The topological polar surface area (TPSA) is 15.3 Å². The van der Waals surface area contributed by atoms with Crippen LogP contribution in [0.1, 0.15) is 58.3 Å². The van der Waals surface area contributed by atoms with Gasteiger partial charge in [0.25, 0.3) is 0 Å². The standard InChI is InChI=1S/C15H28N2/c1-2-12-6-3-4-7-13(12)16-14-9-11-17-10-5-8-15(14)17/h12-16H,2-11H2,1H3. The SMILES string of the molecule is CCC1CCCCC1NC1CCN2CCCC12. The smallest absolute Gasteiger partial charge is 0.0250 e. The Labute approximate surface area is 106 Å². The number of hydrogen-bond donors (Lipinski definition) is 1. The van der Waals surface area contributed by atoms with E-state index in [9.17, 15) is 0 Å². The van der Waals surface area contributed by atoms with Crippen LogP contribution in [0, 0.1) is 5.92 Å². The molecule has 0 spiro atoms. The van der Waals surface area contributed by atoms with Crippen molar-refractivity contribution in [2.45, 2.75) is 76.4 Å². The van der Waals surface area contributed by atoms with E-state index in [4.69, 9.17) is 0 Å². The zero-order valence-electron chi connectivity index (χ0n) is 11.3. The maximum Gasteiger partial charge on any atom is 0.0250 e. The summed E-state index contributed by atoms with van der Waals surface area (Å²) in [6, 6.07) is 2.53. The van der Waals surface area contributed by atoms with Crippen molar-refractivity contribution >= 4 is 0 Å². The molecule has 2 saturated heterocycles. The lowest BCUT2D eigenvalue weighted by molar-refractivity contribution is 0.216. The Balaban J connectivity index is 1.58. The van der Waals surface area contributed by atoms with Crippen LogP contribution in [0.5, 0.6) is 0 Å². The summed E-state index contributed by atoms with van der Waals surface area (Å²) in [5, 5.41) is 4.05. The van der Waals surface area contributed by atoms with Crippen molar-refractivity contribution in [3.8, 4) is 0 Å². The molecule has 1 aliphatic carbocycles. The van der Waals surface area contributed by atoms with Crippen molar-refractivity contribution in [1.29, 1.82) is 0 Å². The highest BCUT2D eigenvalue weighted by Crippen LogP contribution is 2.32. The number of nitrogens with one attached hydrogen (secondary N) is 1. The Hall–Kier alpha value is -0.0800. The highest BCUT2D eigenvalue weighted by atomic mass is 15.2. The first-order valence-corrected chi connectivity index (χ1v) is 7.88. The zero-order chi connectivity index (χ0) is 11.7. The molecule has 17 heavy (non-hydrogen) atoms. The van der Waals surface area contributed by atoms with Crippen molar-refractivity contribution in [1.82, 2.24) is 10.2 Å². The fourth-order valence-corrected chi connectivity index (χ4v) is 4.47. The molecule has 1 N–H and O–H groups in total. The molecule has 4 unspecified atom stereocenters. The first-order valence-electron chi connectivity index (χ1n) is 7.88. The van der Waals surface area contributed by atoms with Gasteiger partial charge in [0.05, 0.1) is 0 Å². The molecule has 4 atom stereocenters. The quantitative estimate of drug-likeness (QED) is 0.810. The van der Waals surface area contributed by atoms with E-state index in [0.717, 1.165) is 24.0 Å². The van der Waals surface area contributed by atoms with Gasteiger partial charge < -0.3 is 5.32 Å². The molecule has 0 amide bonds. The minimum Gasteiger partial charge on any atom is -0.309 e. The van der Waals surface area contributed by atoms with Gasteiger partial charge in [-0.1, -0.05) is 26.2 Å². The molecule has 2 heterocycles. The third-order valence-corrected chi connectivity index (χ3v) is 5.47. The van der Waals surface area contributed by atoms with Crippen LogP contribution in [0.25, 0.3) is 0 Å². The molecule has 3 rings (SSSR count). The van der Waals surface area contributed by atoms with Crippen molar-refractivity contribution < 1.29 is 0 Å². The summed E-state index contributed by atoms with van der Waals surface area (Å²) in [6.07, 6.45) is 11.5. The summed E-state index contributed by atoms with van der Waals surface area (Å²) in [5.41, 5.74) is 0. The summed E-state index contributed by atoms with van der Waals surface area (Å²) in [4.78, 5) is 2.72. The molecule has 0 aromatic heterocycles. The third kappa shape index (κ3) is 2.39. The summed E-state index contributed by atoms with van der Waals surface area (Å²) < 4.78 is 0. The predicted octanol–water partition coefficient (Wildman–Crippen LogP) is 2.78. The molecule has 98 valence electrons. The van der Waals surface area contributed by atoms with Crippen LogP contribution in [0.2, 0.25) is 0 Å². The molecular weight excluding hydrogens is 208 g/mol. The van der Waals surface area contributed by atoms with E-state index in [1.807, 2.05) is 0 Å². The number of rotatable bonds is 3. The second kappa shape index (κ2) is 5.27. The second-order valence-corrected chi connectivity index (χ2v) is 6.37. The average Bonchev–Trinajstić information content (AvgIpc) is 2.95. The summed E-state index contributed by atoms with van der Waals surface area (Å²) in [7, 11) is 0. The van der Waals surface area contributed by atoms with Crippen LogP contribution >= 0.6 is 0 Å². The lowest BCUT2D eigenvalue weighted by Crippen LogP contribution is -2.48. The zero-order valence-corrected chi connectivity index (χ0v) is 11.3. The van der Waals surface area contributed by atoms with Crippen LogP contribution in [0.3, 0.4) is 0 Å². The van der Waals surface area contributed by atoms with E-state index >= 15 is 0 Å². The Bertz CT molecular complexity index is 251. The maximum absolute atomic E-state index is 4.05. The molecule has 0 bridgehead atoms. The van der Waals surface area contributed by atoms with Crippen molar-refractivity contribution in [3.63, 3.8) is 0 Å². The van der Waals surface area contributed by atoms with Crippen LogP contribution in [-0.2, 0) is 0 Å². The van der Waals surface area contributed by atoms with Crippen LogP contribution in [0.15, 0.2) is 0 Å². The molecule has 0 aromatic rings. The van der Waals surface area contributed by atoms with E-state index in [1.54, 1.807) is 0 Å². The van der Waals surface area contributed by atoms with Gasteiger partial charge in [0.15, 0.2) is 0 Å². The van der Waals surface area contributed by atoms with E-state index < -0.39 is 0 Å². The lowest BCUT2D eigenvalue weighted by atomic mass is 9.82. The fraction of sp³-hybridized carbons (Fsp3) is 1.00. The van der Waals surface area contributed by atoms with Crippen molar-refractivity contribution in [2.75, 3.05) is 13.1 Å². The maximum atomic E-state index is 4.05. The minimum absolute atomic E-state index is 0.814. The summed E-state index contributed by atoms with van der Waals surface area (Å²) in [5.74, 6) is 0.958. The van der Waals surface area contributed by atoms with Gasteiger partial charge in [-0.05, 0) is 44.6 Å². The van der Waals surface area contributed by atoms with Gasteiger partial charge in [0, 0.05) is 24.7 Å². The van der Waals surface area contributed by atoms with Gasteiger partial charge in [0.2, 0.25) is 0 Å². The first-order chi connectivity index (χ1) is 8.38. The lowest BCUT2D eigenvalue weighted by Gasteiger charge is -2.35. The van der Waals surface area contributed by atoms with E-state index in [1.165, 1.54) is 64.5 Å². The van der Waals surface area contributed by atoms with Crippen LogP contribution < -0.4 is 5.32 Å². The van der Waals surface area contributed by atoms with Crippen LogP contribution in [-0.4, -0.2) is 36.1 Å². The Kier molecular flexibility index (Phi) is 3.72. The van der Waals surface area contributed by atoms with Crippen molar-refractivity contribution in [2.24, 2.45) is 5.92 Å². The van der Waals surface area contributed by atoms with Gasteiger partial charge in [-0.3, -0.25) is 4.90 Å². The van der Waals surface area contributed by atoms with Crippen LogP contribution in [0.4, 0.5) is 0 Å². The largest absolute Gasteiger partial charge is 0.309 e. The third-order valence-electron chi connectivity index (χ3n) is 5.47. The fourth-order valence-electron chi connectivity index (χ4n) is 4.47. The van der Waals surface area contributed by atoms with E-state index in [-0.39, 0.29) is 0 Å². The van der Waals surface area contributed by atoms with Gasteiger partial charge in [-0.15, -0.1) is 0 Å². The second-order valence-electron chi connectivity index (χ2n) is 6.37. The summed E-state index contributed by atoms with van der Waals surface area (Å²) >= 11 is 0. The Morgan fingerprint density at radius 3 is 2.71 bits per heavy atom. The minimum atomic E-state index is 0.814. The Morgan fingerprint density at radius 2 is 1.82 bits per heavy atom. The Morgan fingerprint density at radius 1 is 0.941 bits per heavy atom. The first kappa shape index (κ1) is 12.0. The highest BCUT2D eigenvalue weighted by molar-refractivity contribution is 4.97. The molecule has 1 saturated carbocycles. The molecule has 0 aromatic carbocycles. The average molecular weight is 236 g/mol. The normalized spacial score (nSPS) is 42.9. The van der Waals surface area contributed by atoms with Gasteiger partial charge in [0.1, 0.15) is 0 Å². The van der Waals surface area contributed by atoms with Gasteiger partial charge in [-0.25, -0.2) is 0 Å². The monoisotopic (exact) mass is 236 g/mol. The molecule has 2 nitrogen and oxygen atoms in total. The molecule has 2 aliphatic heterocycles. The molecule has 0 radical (unpaired) electrons. The number of nitrogens with zero attached hydrogens (tertiary/aromatic N) is 1. The number of fused-ring (bicyclic) bond motifs is 1. The molecule has 2 heteroatoms.